The molecule has 0 heterocycles. The number of benzene rings is 2. The molecule has 104 valence electrons. The Morgan fingerprint density at radius 2 is 2.00 bits per heavy atom. The van der Waals surface area contributed by atoms with Gasteiger partial charge in [0.1, 0.15) is 0 Å². The highest BCUT2D eigenvalue weighted by Gasteiger charge is 2.26. The van der Waals surface area contributed by atoms with E-state index in [2.05, 4.69) is 43.3 Å². The molecule has 0 amide bonds. The van der Waals surface area contributed by atoms with Crippen LogP contribution in [0.3, 0.4) is 0 Å². The Hall–Kier alpha value is -1.31. The van der Waals surface area contributed by atoms with Crippen LogP contribution in [0.2, 0.25) is 5.02 Å². The zero-order valence-electron chi connectivity index (χ0n) is 11.8. The van der Waals surface area contributed by atoms with Crippen LogP contribution >= 0.6 is 11.6 Å². The molecule has 0 aromatic heterocycles. The van der Waals surface area contributed by atoms with Crippen molar-refractivity contribution in [2.75, 3.05) is 0 Å². The monoisotopic (exact) mass is 285 g/mol. The van der Waals surface area contributed by atoms with Gasteiger partial charge in [-0.1, -0.05) is 48.0 Å². The number of nitrogens with two attached hydrogens (primary N) is 1. The summed E-state index contributed by atoms with van der Waals surface area (Å²) in [5.74, 6) is 0.477. The number of halogens is 1. The number of hydrogen-bond acceptors (Lipinski definition) is 1. The van der Waals surface area contributed by atoms with Gasteiger partial charge in [0.15, 0.2) is 0 Å². The lowest BCUT2D eigenvalue weighted by Gasteiger charge is -2.31. The number of fused-ring (bicyclic) bond motifs is 1. The molecular formula is C18H20ClN. The van der Waals surface area contributed by atoms with Crippen LogP contribution in [0.25, 0.3) is 0 Å². The van der Waals surface area contributed by atoms with E-state index < -0.39 is 0 Å². The van der Waals surface area contributed by atoms with Crippen LogP contribution in [0, 0.1) is 12.8 Å². The van der Waals surface area contributed by atoms with E-state index in [9.17, 15) is 0 Å². The Kier molecular flexibility index (Phi) is 3.82. The largest absolute Gasteiger partial charge is 0.324 e. The molecule has 1 aliphatic rings. The van der Waals surface area contributed by atoms with Crippen molar-refractivity contribution in [3.63, 3.8) is 0 Å². The third kappa shape index (κ3) is 2.61. The van der Waals surface area contributed by atoms with Crippen LogP contribution < -0.4 is 5.73 Å². The molecule has 0 radical (unpaired) electrons. The lowest BCUT2D eigenvalue weighted by Crippen LogP contribution is -2.28. The highest BCUT2D eigenvalue weighted by Crippen LogP contribution is 2.35. The van der Waals surface area contributed by atoms with E-state index in [1.807, 2.05) is 6.07 Å². The summed E-state index contributed by atoms with van der Waals surface area (Å²) in [5, 5.41) is 0.871. The molecule has 0 fully saturated rings. The second-order valence-electron chi connectivity index (χ2n) is 5.82. The predicted octanol–water partition coefficient (Wildman–Crippen LogP) is 4.45. The van der Waals surface area contributed by atoms with Gasteiger partial charge < -0.3 is 5.73 Å². The van der Waals surface area contributed by atoms with E-state index in [1.165, 1.54) is 22.3 Å². The highest BCUT2D eigenvalue weighted by molar-refractivity contribution is 6.31. The molecule has 1 nitrogen and oxygen atoms in total. The van der Waals surface area contributed by atoms with Gasteiger partial charge in [-0.05, 0) is 60.4 Å². The molecule has 2 N–H and O–H groups in total. The first-order chi connectivity index (χ1) is 9.65. The summed E-state index contributed by atoms with van der Waals surface area (Å²) in [4.78, 5) is 0. The number of hydrogen-bond donors (Lipinski definition) is 1. The van der Waals surface area contributed by atoms with Crippen LogP contribution in [0.1, 0.15) is 34.7 Å². The standard InChI is InChI=1S/C18H20ClN/c1-12-6-7-14(17(19)10-12)11-15-9-8-13-4-2-3-5-16(13)18(15)20/h2-7,10,15,18H,8-9,11,20H2,1H3. The average Bonchev–Trinajstić information content (AvgIpc) is 2.45. The molecule has 20 heavy (non-hydrogen) atoms. The number of rotatable bonds is 2. The van der Waals surface area contributed by atoms with Gasteiger partial charge in [0.2, 0.25) is 0 Å². The van der Waals surface area contributed by atoms with Crippen LogP contribution in [-0.2, 0) is 12.8 Å². The zero-order valence-corrected chi connectivity index (χ0v) is 12.5. The Labute approximate surface area is 125 Å². The van der Waals surface area contributed by atoms with Gasteiger partial charge in [-0.25, -0.2) is 0 Å². The van der Waals surface area contributed by atoms with Crippen LogP contribution in [0.4, 0.5) is 0 Å². The van der Waals surface area contributed by atoms with Gasteiger partial charge in [-0.15, -0.1) is 0 Å². The maximum Gasteiger partial charge on any atom is 0.0440 e. The molecule has 0 bridgehead atoms. The minimum absolute atomic E-state index is 0.123. The minimum Gasteiger partial charge on any atom is -0.324 e. The van der Waals surface area contributed by atoms with E-state index in [0.29, 0.717) is 5.92 Å². The van der Waals surface area contributed by atoms with Crippen molar-refractivity contribution in [3.8, 4) is 0 Å². The fraction of sp³-hybridized carbons (Fsp3) is 0.333. The summed E-state index contributed by atoms with van der Waals surface area (Å²) < 4.78 is 0. The van der Waals surface area contributed by atoms with Crippen LogP contribution in [-0.4, -0.2) is 0 Å². The minimum atomic E-state index is 0.123. The first-order valence-electron chi connectivity index (χ1n) is 7.23. The van der Waals surface area contributed by atoms with Crippen molar-refractivity contribution in [1.29, 1.82) is 0 Å². The van der Waals surface area contributed by atoms with Crippen molar-refractivity contribution in [2.45, 2.75) is 32.2 Å². The topological polar surface area (TPSA) is 26.0 Å². The van der Waals surface area contributed by atoms with Crippen molar-refractivity contribution in [2.24, 2.45) is 11.7 Å². The number of aryl methyl sites for hydroxylation is 2. The summed E-state index contributed by atoms with van der Waals surface area (Å²) >= 11 is 6.36. The third-order valence-electron chi connectivity index (χ3n) is 4.40. The first kappa shape index (κ1) is 13.7. The molecule has 3 rings (SSSR count). The quantitative estimate of drug-likeness (QED) is 0.866. The van der Waals surface area contributed by atoms with Gasteiger partial charge in [-0.3, -0.25) is 0 Å². The predicted molar refractivity (Wildman–Crippen MR) is 85.1 cm³/mol. The van der Waals surface area contributed by atoms with Gasteiger partial charge >= 0.3 is 0 Å². The Bertz CT molecular complexity index is 621. The van der Waals surface area contributed by atoms with Gasteiger partial charge in [0, 0.05) is 11.1 Å². The third-order valence-corrected chi connectivity index (χ3v) is 4.75. The van der Waals surface area contributed by atoms with E-state index in [0.717, 1.165) is 24.3 Å². The summed E-state index contributed by atoms with van der Waals surface area (Å²) in [6, 6.07) is 15.0. The molecule has 2 unspecified atom stereocenters. The zero-order chi connectivity index (χ0) is 14.1. The maximum atomic E-state index is 6.48. The van der Waals surface area contributed by atoms with Crippen LogP contribution in [0.5, 0.6) is 0 Å². The molecular weight excluding hydrogens is 266 g/mol. The lowest BCUT2D eigenvalue weighted by atomic mass is 9.77. The van der Waals surface area contributed by atoms with Crippen molar-refractivity contribution >= 4 is 11.6 Å². The Morgan fingerprint density at radius 1 is 1.20 bits per heavy atom. The molecule has 2 aromatic carbocycles. The van der Waals surface area contributed by atoms with E-state index in [4.69, 9.17) is 17.3 Å². The van der Waals surface area contributed by atoms with Crippen molar-refractivity contribution in [1.82, 2.24) is 0 Å². The molecule has 0 aliphatic heterocycles. The smallest absolute Gasteiger partial charge is 0.0440 e. The second-order valence-corrected chi connectivity index (χ2v) is 6.23. The summed E-state index contributed by atoms with van der Waals surface area (Å²) in [6.07, 6.45) is 3.23. The summed E-state index contributed by atoms with van der Waals surface area (Å²) in [7, 11) is 0. The fourth-order valence-corrected chi connectivity index (χ4v) is 3.50. The van der Waals surface area contributed by atoms with E-state index in [-0.39, 0.29) is 6.04 Å². The molecule has 1 aliphatic carbocycles. The molecule has 2 heteroatoms. The normalized spacial score (nSPS) is 21.6. The van der Waals surface area contributed by atoms with Gasteiger partial charge in [0.25, 0.3) is 0 Å². The maximum absolute atomic E-state index is 6.48. The summed E-state index contributed by atoms with van der Waals surface area (Å²) in [6.45, 7) is 2.07. The molecule has 0 spiro atoms. The lowest BCUT2D eigenvalue weighted by molar-refractivity contribution is 0.376. The summed E-state index contributed by atoms with van der Waals surface area (Å²) in [5.41, 5.74) is 11.6. The highest BCUT2D eigenvalue weighted by atomic mass is 35.5. The van der Waals surface area contributed by atoms with Gasteiger partial charge in [0.05, 0.1) is 0 Å². The molecule has 0 saturated carbocycles. The molecule has 2 atom stereocenters. The van der Waals surface area contributed by atoms with Crippen LogP contribution in [0.15, 0.2) is 42.5 Å². The van der Waals surface area contributed by atoms with E-state index in [1.54, 1.807) is 0 Å². The van der Waals surface area contributed by atoms with Gasteiger partial charge in [-0.2, -0.15) is 0 Å². The SMILES string of the molecule is Cc1ccc(CC2CCc3ccccc3C2N)c(Cl)c1. The van der Waals surface area contributed by atoms with E-state index >= 15 is 0 Å². The fourth-order valence-electron chi connectivity index (χ4n) is 3.19. The van der Waals surface area contributed by atoms with Crippen molar-refractivity contribution < 1.29 is 0 Å². The molecule has 2 aromatic rings. The first-order valence-corrected chi connectivity index (χ1v) is 7.61. The average molecular weight is 286 g/mol. The Balaban J connectivity index is 1.83. The van der Waals surface area contributed by atoms with Crippen molar-refractivity contribution in [3.05, 3.63) is 69.7 Å². The molecule has 0 saturated heterocycles. The second kappa shape index (κ2) is 5.59. The Morgan fingerprint density at radius 3 is 2.80 bits per heavy atom.